The van der Waals surface area contributed by atoms with Crippen LogP contribution in [0.3, 0.4) is 0 Å². The van der Waals surface area contributed by atoms with Crippen LogP contribution in [-0.2, 0) is 9.47 Å². The Labute approximate surface area is 149 Å². The molecule has 0 N–H and O–H groups in total. The van der Waals surface area contributed by atoms with Gasteiger partial charge in [0, 0.05) is 0 Å². The molecule has 25 heavy (non-hydrogen) atoms. The van der Waals surface area contributed by atoms with Crippen LogP contribution in [0, 0.1) is 17.7 Å². The van der Waals surface area contributed by atoms with Crippen LogP contribution in [0.15, 0.2) is 18.2 Å². The summed E-state index contributed by atoms with van der Waals surface area (Å²) in [5.41, 5.74) is -0.431. The van der Waals surface area contributed by atoms with Gasteiger partial charge in [-0.2, -0.15) is 0 Å². The highest BCUT2D eigenvalue weighted by atomic mass is 19.1. The average Bonchev–Trinajstić information content (AvgIpc) is 2.54. The molecule has 0 aliphatic carbocycles. The first-order valence-corrected chi connectivity index (χ1v) is 8.95. The van der Waals surface area contributed by atoms with Gasteiger partial charge < -0.3 is 9.47 Å². The summed E-state index contributed by atoms with van der Waals surface area (Å²) in [4.78, 5) is 24.4. The van der Waals surface area contributed by atoms with Crippen molar-refractivity contribution < 1.29 is 23.5 Å². The fourth-order valence-corrected chi connectivity index (χ4v) is 2.36. The standard InChI is InChI=1S/C20H29FO4/c1-14(2)8-6-12-24-19(22)16-10-5-11-17(21)18(16)20(23)25-13-7-9-15(3)4/h5,10-11,14-15H,6-9,12-13H2,1-4H3. The number of esters is 2. The number of carbonyl (C=O) groups is 2. The number of benzene rings is 1. The Morgan fingerprint density at radius 3 is 1.96 bits per heavy atom. The van der Waals surface area contributed by atoms with Crippen molar-refractivity contribution in [1.29, 1.82) is 0 Å². The summed E-state index contributed by atoms with van der Waals surface area (Å²) >= 11 is 0. The molecule has 0 bridgehead atoms. The van der Waals surface area contributed by atoms with Crippen LogP contribution >= 0.6 is 0 Å². The molecule has 5 heteroatoms. The van der Waals surface area contributed by atoms with Crippen LogP contribution in [0.4, 0.5) is 4.39 Å². The van der Waals surface area contributed by atoms with Crippen LogP contribution < -0.4 is 0 Å². The van der Waals surface area contributed by atoms with Gasteiger partial charge in [0.1, 0.15) is 11.4 Å². The molecule has 140 valence electrons. The molecule has 0 fully saturated rings. The lowest BCUT2D eigenvalue weighted by Gasteiger charge is -2.11. The van der Waals surface area contributed by atoms with E-state index in [1.807, 2.05) is 0 Å². The summed E-state index contributed by atoms with van der Waals surface area (Å²) in [6, 6.07) is 3.91. The lowest BCUT2D eigenvalue weighted by molar-refractivity contribution is 0.0443. The summed E-state index contributed by atoms with van der Waals surface area (Å²) < 4.78 is 24.4. The maximum Gasteiger partial charge on any atom is 0.342 e. The van der Waals surface area contributed by atoms with E-state index in [0.29, 0.717) is 18.3 Å². The van der Waals surface area contributed by atoms with Crippen LogP contribution in [0.1, 0.15) is 74.1 Å². The van der Waals surface area contributed by atoms with Crippen molar-refractivity contribution in [1.82, 2.24) is 0 Å². The van der Waals surface area contributed by atoms with Gasteiger partial charge in [0.25, 0.3) is 0 Å². The Morgan fingerprint density at radius 2 is 1.44 bits per heavy atom. The van der Waals surface area contributed by atoms with Crippen molar-refractivity contribution in [2.45, 2.75) is 53.4 Å². The summed E-state index contributed by atoms with van der Waals surface area (Å²) in [6.45, 7) is 8.77. The molecule has 0 heterocycles. The second-order valence-electron chi connectivity index (χ2n) is 7.01. The van der Waals surface area contributed by atoms with Gasteiger partial charge in [-0.05, 0) is 49.7 Å². The van der Waals surface area contributed by atoms with Crippen LogP contribution in [0.25, 0.3) is 0 Å². The predicted molar refractivity (Wildman–Crippen MR) is 95.1 cm³/mol. The number of halogens is 1. The van der Waals surface area contributed by atoms with Gasteiger partial charge in [0.2, 0.25) is 0 Å². The molecular formula is C20H29FO4. The minimum Gasteiger partial charge on any atom is -0.462 e. The maximum atomic E-state index is 14.1. The Bertz CT molecular complexity index is 567. The SMILES string of the molecule is CC(C)CCCOC(=O)c1cccc(F)c1C(=O)OCCCC(C)C. The topological polar surface area (TPSA) is 52.6 Å². The molecule has 0 saturated carbocycles. The van der Waals surface area contributed by atoms with E-state index in [0.717, 1.165) is 25.3 Å². The molecule has 1 aromatic rings. The molecule has 0 spiro atoms. The molecule has 0 atom stereocenters. The van der Waals surface area contributed by atoms with E-state index in [1.165, 1.54) is 12.1 Å². The summed E-state index contributed by atoms with van der Waals surface area (Å²) in [6.07, 6.45) is 3.27. The smallest absolute Gasteiger partial charge is 0.342 e. The quantitative estimate of drug-likeness (QED) is 0.439. The molecular weight excluding hydrogens is 323 g/mol. The molecule has 0 unspecified atom stereocenters. The molecule has 0 saturated heterocycles. The second-order valence-corrected chi connectivity index (χ2v) is 7.01. The Kier molecular flexibility index (Phi) is 9.17. The zero-order chi connectivity index (χ0) is 18.8. The van der Waals surface area contributed by atoms with Gasteiger partial charge in [-0.15, -0.1) is 0 Å². The molecule has 4 nitrogen and oxygen atoms in total. The van der Waals surface area contributed by atoms with Crippen molar-refractivity contribution in [3.63, 3.8) is 0 Å². The maximum absolute atomic E-state index is 14.1. The number of ether oxygens (including phenoxy) is 2. The summed E-state index contributed by atoms with van der Waals surface area (Å²) in [5, 5.41) is 0. The minimum absolute atomic E-state index is 0.0848. The predicted octanol–water partition coefficient (Wildman–Crippen LogP) is 5.01. The molecule has 0 aromatic heterocycles. The minimum atomic E-state index is -0.823. The molecule has 0 aliphatic heterocycles. The van der Waals surface area contributed by atoms with Gasteiger partial charge in [-0.25, -0.2) is 14.0 Å². The molecule has 1 rings (SSSR count). The van der Waals surface area contributed by atoms with Crippen LogP contribution in [0.2, 0.25) is 0 Å². The second kappa shape index (κ2) is 10.9. The highest BCUT2D eigenvalue weighted by Crippen LogP contribution is 2.17. The first kappa shape index (κ1) is 21.1. The van der Waals surface area contributed by atoms with E-state index in [2.05, 4.69) is 27.7 Å². The lowest BCUT2D eigenvalue weighted by atomic mass is 10.1. The van der Waals surface area contributed by atoms with Crippen LogP contribution in [-0.4, -0.2) is 25.2 Å². The third kappa shape index (κ3) is 7.67. The van der Waals surface area contributed by atoms with Gasteiger partial charge in [-0.3, -0.25) is 0 Å². The zero-order valence-corrected chi connectivity index (χ0v) is 15.6. The Morgan fingerprint density at radius 1 is 0.920 bits per heavy atom. The van der Waals surface area contributed by atoms with Gasteiger partial charge in [0.05, 0.1) is 18.8 Å². The van der Waals surface area contributed by atoms with Crippen molar-refractivity contribution >= 4 is 11.9 Å². The normalized spacial score (nSPS) is 11.0. The van der Waals surface area contributed by atoms with Crippen molar-refractivity contribution in [3.8, 4) is 0 Å². The average molecular weight is 352 g/mol. The van der Waals surface area contributed by atoms with E-state index in [4.69, 9.17) is 9.47 Å². The zero-order valence-electron chi connectivity index (χ0n) is 15.6. The van der Waals surface area contributed by atoms with Crippen LogP contribution in [0.5, 0.6) is 0 Å². The Balaban J connectivity index is 2.69. The number of hydrogen-bond donors (Lipinski definition) is 0. The molecule has 1 aromatic carbocycles. The highest BCUT2D eigenvalue weighted by Gasteiger charge is 2.23. The number of carbonyl (C=O) groups excluding carboxylic acids is 2. The monoisotopic (exact) mass is 352 g/mol. The van der Waals surface area contributed by atoms with E-state index < -0.39 is 17.8 Å². The number of hydrogen-bond acceptors (Lipinski definition) is 4. The van der Waals surface area contributed by atoms with Gasteiger partial charge in [-0.1, -0.05) is 33.8 Å². The first-order valence-electron chi connectivity index (χ1n) is 8.95. The van der Waals surface area contributed by atoms with Crippen molar-refractivity contribution in [2.75, 3.05) is 13.2 Å². The third-order valence-corrected chi connectivity index (χ3v) is 3.76. The first-order chi connectivity index (χ1) is 11.8. The van der Waals surface area contributed by atoms with E-state index in [1.54, 1.807) is 0 Å². The van der Waals surface area contributed by atoms with Crippen molar-refractivity contribution in [3.05, 3.63) is 35.1 Å². The fourth-order valence-electron chi connectivity index (χ4n) is 2.36. The fraction of sp³-hybridized carbons (Fsp3) is 0.600. The van der Waals surface area contributed by atoms with E-state index in [-0.39, 0.29) is 24.3 Å². The van der Waals surface area contributed by atoms with E-state index >= 15 is 0 Å². The van der Waals surface area contributed by atoms with Gasteiger partial charge >= 0.3 is 11.9 Å². The van der Waals surface area contributed by atoms with Crippen molar-refractivity contribution in [2.24, 2.45) is 11.8 Å². The molecule has 0 amide bonds. The highest BCUT2D eigenvalue weighted by molar-refractivity contribution is 6.03. The lowest BCUT2D eigenvalue weighted by Crippen LogP contribution is -2.17. The molecule has 0 radical (unpaired) electrons. The largest absolute Gasteiger partial charge is 0.462 e. The summed E-state index contributed by atoms with van der Waals surface area (Å²) in [5.74, 6) is -1.27. The third-order valence-electron chi connectivity index (χ3n) is 3.76. The Hall–Kier alpha value is -1.91. The molecule has 0 aliphatic rings. The summed E-state index contributed by atoms with van der Waals surface area (Å²) in [7, 11) is 0. The van der Waals surface area contributed by atoms with E-state index in [9.17, 15) is 14.0 Å². The van der Waals surface area contributed by atoms with Gasteiger partial charge in [0.15, 0.2) is 0 Å². The number of rotatable bonds is 10.